The molecule has 0 atom stereocenters. The Balaban J connectivity index is 1.24. The van der Waals surface area contributed by atoms with Crippen LogP contribution in [-0.2, 0) is 10.2 Å². The Labute approximate surface area is 272 Å². The number of phenols is 2. The summed E-state index contributed by atoms with van der Waals surface area (Å²) in [6, 6.07) is 31.6. The highest BCUT2D eigenvalue weighted by Gasteiger charge is 2.48. The van der Waals surface area contributed by atoms with Crippen LogP contribution in [0.1, 0.15) is 44.7 Å². The summed E-state index contributed by atoms with van der Waals surface area (Å²) in [5.41, 5.74) is 5.21. The zero-order chi connectivity index (χ0) is 32.6. The SMILES string of the molecule is CCCC[N+]1=C(/C=C2\C(=O)C(c3c(O)cc(-n4c5ccccc5c5ccccc54)cc3O)=C2O)C(C)(C)c2c1ccc1ccccc21. The number of unbranched alkanes of at least 4 members (excludes halogenated alkanes) is 1. The third-order valence-corrected chi connectivity index (χ3v) is 9.90. The van der Waals surface area contributed by atoms with Gasteiger partial charge in [0, 0.05) is 47.0 Å². The zero-order valence-corrected chi connectivity index (χ0v) is 26.6. The summed E-state index contributed by atoms with van der Waals surface area (Å²) >= 11 is 0. The van der Waals surface area contributed by atoms with Crippen LogP contribution < -0.4 is 0 Å². The largest absolute Gasteiger partial charge is 0.507 e. The lowest BCUT2D eigenvalue weighted by molar-refractivity contribution is -0.438. The molecule has 0 fully saturated rings. The number of carbonyl (C=O) groups excluding carboxylic acids is 1. The molecule has 6 aromatic rings. The first kappa shape index (κ1) is 28.8. The van der Waals surface area contributed by atoms with Gasteiger partial charge in [0.15, 0.2) is 5.71 Å². The van der Waals surface area contributed by atoms with Crippen LogP contribution in [0.25, 0.3) is 43.8 Å². The van der Waals surface area contributed by atoms with Gasteiger partial charge in [0.2, 0.25) is 11.5 Å². The lowest BCUT2D eigenvalue weighted by atomic mass is 9.76. The molecular formula is C41H35N2O4+. The number of nitrogens with zero attached hydrogens (tertiary/aromatic N) is 2. The second-order valence-corrected chi connectivity index (χ2v) is 13.0. The van der Waals surface area contributed by atoms with Gasteiger partial charge in [0.1, 0.15) is 23.8 Å². The van der Waals surface area contributed by atoms with Gasteiger partial charge in [0.05, 0.1) is 38.8 Å². The van der Waals surface area contributed by atoms with E-state index < -0.39 is 11.2 Å². The van der Waals surface area contributed by atoms with Crippen molar-refractivity contribution < 1.29 is 24.7 Å². The number of carbonyl (C=O) groups is 1. The van der Waals surface area contributed by atoms with Crippen molar-refractivity contribution in [1.29, 1.82) is 0 Å². The number of aromatic hydroxyl groups is 2. The zero-order valence-electron chi connectivity index (χ0n) is 26.6. The number of hydrogen-bond acceptors (Lipinski definition) is 4. The van der Waals surface area contributed by atoms with Crippen molar-refractivity contribution in [3.63, 3.8) is 0 Å². The maximum Gasteiger partial charge on any atom is 0.210 e. The Morgan fingerprint density at radius 1 is 0.787 bits per heavy atom. The Hall–Kier alpha value is -5.62. The quantitative estimate of drug-likeness (QED) is 0.128. The number of benzene rings is 5. The van der Waals surface area contributed by atoms with E-state index in [4.69, 9.17) is 0 Å². The predicted octanol–water partition coefficient (Wildman–Crippen LogP) is 9.00. The Bertz CT molecular complexity index is 2350. The van der Waals surface area contributed by atoms with Gasteiger partial charge >= 0.3 is 0 Å². The summed E-state index contributed by atoms with van der Waals surface area (Å²) < 4.78 is 4.24. The van der Waals surface area contributed by atoms with Crippen molar-refractivity contribution in [3.05, 3.63) is 126 Å². The van der Waals surface area contributed by atoms with Crippen LogP contribution >= 0.6 is 0 Å². The second-order valence-electron chi connectivity index (χ2n) is 13.0. The summed E-state index contributed by atoms with van der Waals surface area (Å²) in [4.78, 5) is 13.8. The number of aliphatic hydroxyl groups excluding tert-OH is 1. The molecule has 47 heavy (non-hydrogen) atoms. The van der Waals surface area contributed by atoms with E-state index >= 15 is 0 Å². The molecule has 0 saturated carbocycles. The van der Waals surface area contributed by atoms with Crippen LogP contribution in [0, 0.1) is 0 Å². The number of allylic oxidation sites excluding steroid dienone is 3. The van der Waals surface area contributed by atoms with E-state index in [9.17, 15) is 20.1 Å². The third-order valence-electron chi connectivity index (χ3n) is 9.90. The lowest BCUT2D eigenvalue weighted by Gasteiger charge is -2.24. The van der Waals surface area contributed by atoms with Crippen LogP contribution in [0.3, 0.4) is 0 Å². The number of ketones is 1. The molecule has 1 aliphatic carbocycles. The Kier molecular flexibility index (Phi) is 6.41. The number of phenolic OH excluding ortho intramolecular Hbond substituents is 2. The first-order valence-corrected chi connectivity index (χ1v) is 16.1. The molecule has 2 heterocycles. The van der Waals surface area contributed by atoms with Gasteiger partial charge in [-0.15, -0.1) is 0 Å². The molecule has 0 bridgehead atoms. The van der Waals surface area contributed by atoms with Crippen molar-refractivity contribution in [2.24, 2.45) is 0 Å². The van der Waals surface area contributed by atoms with Crippen LogP contribution in [0.4, 0.5) is 5.69 Å². The van der Waals surface area contributed by atoms with Crippen molar-refractivity contribution in [1.82, 2.24) is 4.57 Å². The number of para-hydroxylation sites is 2. The van der Waals surface area contributed by atoms with Crippen molar-refractivity contribution in [3.8, 4) is 17.2 Å². The predicted molar refractivity (Wildman–Crippen MR) is 188 cm³/mol. The van der Waals surface area contributed by atoms with Gasteiger partial charge in [-0.05, 0) is 42.8 Å². The minimum atomic E-state index is -0.443. The number of rotatable bonds is 6. The van der Waals surface area contributed by atoms with Crippen LogP contribution in [0.15, 0.2) is 114 Å². The molecule has 0 radical (unpaired) electrons. The highest BCUT2D eigenvalue weighted by molar-refractivity contribution is 6.41. The molecule has 6 nitrogen and oxygen atoms in total. The van der Waals surface area contributed by atoms with Gasteiger partial charge in [0.25, 0.3) is 0 Å². The lowest BCUT2D eigenvalue weighted by Crippen LogP contribution is -2.31. The summed E-state index contributed by atoms with van der Waals surface area (Å²) in [7, 11) is 0. The number of fused-ring (bicyclic) bond motifs is 6. The van der Waals surface area contributed by atoms with E-state index in [2.05, 4.69) is 49.6 Å². The van der Waals surface area contributed by atoms with E-state index in [1.807, 2.05) is 65.2 Å². The standard InChI is InChI=1S/C41H34N2O4/c1-4-5-20-42-32-19-18-24-12-6-7-13-26(24)38(32)41(2,3)35(42)23-29-39(46)37(40(29)47)36-33(44)21-25(22-34(36)45)43-30-16-10-8-14-27(30)28-15-9-11-17-31(28)43/h6-19,21-23H,4-5,20H2,1-3H3,(H2,44,45,46,47)/p+1. The van der Waals surface area contributed by atoms with Gasteiger partial charge in [-0.2, -0.15) is 4.58 Å². The highest BCUT2D eigenvalue weighted by Crippen LogP contribution is 2.48. The van der Waals surface area contributed by atoms with E-state index in [1.165, 1.54) is 23.1 Å². The fraction of sp³-hybridized carbons (Fsp3) is 0.171. The summed E-state index contributed by atoms with van der Waals surface area (Å²) in [5.74, 6) is -1.22. The smallest absolute Gasteiger partial charge is 0.210 e. The van der Waals surface area contributed by atoms with Crippen LogP contribution in [0.2, 0.25) is 0 Å². The topological polar surface area (TPSA) is 85.7 Å². The first-order valence-electron chi connectivity index (χ1n) is 16.1. The summed E-state index contributed by atoms with van der Waals surface area (Å²) in [6.45, 7) is 7.25. The minimum absolute atomic E-state index is 0.0676. The maximum absolute atomic E-state index is 13.8. The number of Topliss-reactive ketones (excluding diaryl/α,β-unsaturated/α-hetero) is 1. The van der Waals surface area contributed by atoms with E-state index in [-0.39, 0.29) is 34.0 Å². The fourth-order valence-electron chi connectivity index (χ4n) is 7.66. The average Bonchev–Trinajstić information content (AvgIpc) is 3.52. The van der Waals surface area contributed by atoms with Crippen molar-refractivity contribution in [2.45, 2.75) is 39.0 Å². The fourth-order valence-corrected chi connectivity index (χ4v) is 7.66. The molecule has 3 N–H and O–H groups in total. The van der Waals surface area contributed by atoms with E-state index in [0.29, 0.717) is 5.69 Å². The van der Waals surface area contributed by atoms with Crippen LogP contribution in [0.5, 0.6) is 11.5 Å². The first-order chi connectivity index (χ1) is 22.7. The molecule has 0 spiro atoms. The Morgan fingerprint density at radius 2 is 1.38 bits per heavy atom. The normalized spacial score (nSPS) is 16.6. The molecule has 1 aliphatic heterocycles. The average molecular weight is 620 g/mol. The van der Waals surface area contributed by atoms with Gasteiger partial charge in [-0.1, -0.05) is 74.0 Å². The minimum Gasteiger partial charge on any atom is -0.507 e. The molecule has 8 rings (SSSR count). The molecule has 5 aromatic carbocycles. The molecule has 0 saturated heterocycles. The molecule has 1 aromatic heterocycles. The van der Waals surface area contributed by atoms with Gasteiger partial charge in [-0.25, -0.2) is 0 Å². The number of aliphatic hydroxyl groups is 1. The maximum atomic E-state index is 13.8. The monoisotopic (exact) mass is 619 g/mol. The molecule has 2 aliphatic rings. The summed E-state index contributed by atoms with van der Waals surface area (Å²) in [5, 5.41) is 38.4. The van der Waals surface area contributed by atoms with Gasteiger partial charge in [-0.3, -0.25) is 4.79 Å². The summed E-state index contributed by atoms with van der Waals surface area (Å²) in [6.07, 6.45) is 3.78. The molecule has 6 heteroatoms. The van der Waals surface area contributed by atoms with Gasteiger partial charge < -0.3 is 19.9 Å². The molecule has 232 valence electrons. The third kappa shape index (κ3) is 4.10. The molecule has 0 unspecified atom stereocenters. The van der Waals surface area contributed by atoms with E-state index in [0.717, 1.165) is 58.0 Å². The second kappa shape index (κ2) is 10.5. The van der Waals surface area contributed by atoms with Crippen molar-refractivity contribution >= 4 is 55.3 Å². The van der Waals surface area contributed by atoms with Crippen LogP contribution in [-0.4, -0.2) is 42.5 Å². The number of aromatic nitrogens is 1. The van der Waals surface area contributed by atoms with Crippen molar-refractivity contribution in [2.75, 3.05) is 6.54 Å². The molecule has 0 amide bonds. The van der Waals surface area contributed by atoms with E-state index in [1.54, 1.807) is 6.08 Å². The Morgan fingerprint density at radius 3 is 2.00 bits per heavy atom. The highest BCUT2D eigenvalue weighted by atomic mass is 16.3. The molecular weight excluding hydrogens is 584 g/mol. The number of hydrogen-bond donors (Lipinski definition) is 3.